The minimum atomic E-state index is 0.340. The highest BCUT2D eigenvalue weighted by Gasteiger charge is 1.99. The minimum absolute atomic E-state index is 0.340. The summed E-state index contributed by atoms with van der Waals surface area (Å²) < 4.78 is 0. The highest BCUT2D eigenvalue weighted by molar-refractivity contribution is 6.32. The van der Waals surface area contributed by atoms with E-state index in [4.69, 9.17) is 17.3 Å². The molecule has 0 spiro atoms. The summed E-state index contributed by atoms with van der Waals surface area (Å²) in [5.74, 6) is 0. The molecule has 0 saturated carbocycles. The lowest BCUT2D eigenvalue weighted by Crippen LogP contribution is -1.96. The van der Waals surface area contributed by atoms with Gasteiger partial charge in [0.05, 0.1) is 11.4 Å². The molecule has 3 nitrogen and oxygen atoms in total. The average Bonchev–Trinajstić information content (AvgIpc) is 1.95. The molecule has 0 aromatic carbocycles. The van der Waals surface area contributed by atoms with Crippen LogP contribution < -0.4 is 11.1 Å². The van der Waals surface area contributed by atoms with Crippen LogP contribution >= 0.6 is 11.6 Å². The number of anilines is 2. The molecule has 0 aliphatic rings. The minimum Gasteiger partial charge on any atom is -0.395 e. The lowest BCUT2D eigenvalue weighted by molar-refractivity contribution is 1.32. The van der Waals surface area contributed by atoms with Crippen LogP contribution in [0.1, 0.15) is 0 Å². The maximum Gasteiger partial charge on any atom is 0.153 e. The van der Waals surface area contributed by atoms with Gasteiger partial charge in [-0.1, -0.05) is 11.6 Å². The maximum atomic E-state index is 5.62. The molecule has 0 aliphatic carbocycles. The molecule has 1 rings (SSSR count). The van der Waals surface area contributed by atoms with Crippen molar-refractivity contribution in [2.24, 2.45) is 0 Å². The quantitative estimate of drug-likeness (QED) is 0.606. The van der Waals surface area contributed by atoms with Gasteiger partial charge in [-0.15, -0.1) is 0 Å². The Labute approximate surface area is 64.2 Å². The molecule has 54 valence electrons. The number of hydrogen-bond acceptors (Lipinski definition) is 3. The molecule has 0 radical (unpaired) electrons. The first-order valence-corrected chi connectivity index (χ1v) is 3.21. The summed E-state index contributed by atoms with van der Waals surface area (Å²) in [6, 6.07) is 1.77. The second-order valence-corrected chi connectivity index (χ2v) is 2.17. The van der Waals surface area contributed by atoms with Crippen molar-refractivity contribution in [2.75, 3.05) is 18.1 Å². The van der Waals surface area contributed by atoms with Crippen molar-refractivity contribution in [2.45, 2.75) is 0 Å². The van der Waals surface area contributed by atoms with E-state index >= 15 is 0 Å². The molecule has 0 aliphatic heterocycles. The first-order chi connectivity index (χ1) is 4.75. The van der Waals surface area contributed by atoms with Crippen molar-refractivity contribution in [3.63, 3.8) is 0 Å². The summed E-state index contributed by atoms with van der Waals surface area (Å²) in [5, 5.41) is 3.23. The molecule has 4 heteroatoms. The predicted octanol–water partition coefficient (Wildman–Crippen LogP) is 1.36. The van der Waals surface area contributed by atoms with E-state index in [9.17, 15) is 0 Å². The Balaban J connectivity index is 3.14. The third-order valence-electron chi connectivity index (χ3n) is 1.21. The molecule has 1 aromatic rings. The van der Waals surface area contributed by atoms with Crippen LogP contribution in [0, 0.1) is 0 Å². The fourth-order valence-electron chi connectivity index (χ4n) is 0.666. The number of nitrogens with zero attached hydrogens (tertiary/aromatic N) is 1. The van der Waals surface area contributed by atoms with E-state index in [0.29, 0.717) is 10.8 Å². The summed E-state index contributed by atoms with van der Waals surface area (Å²) >= 11 is 5.62. The summed E-state index contributed by atoms with van der Waals surface area (Å²) in [7, 11) is 1.78. The zero-order chi connectivity index (χ0) is 7.56. The number of nitrogens with one attached hydrogen (secondary N) is 1. The van der Waals surface area contributed by atoms with Gasteiger partial charge in [0.2, 0.25) is 0 Å². The second kappa shape index (κ2) is 2.75. The van der Waals surface area contributed by atoms with Gasteiger partial charge >= 0.3 is 0 Å². The second-order valence-electron chi connectivity index (χ2n) is 1.81. The predicted molar refractivity (Wildman–Crippen MR) is 43.2 cm³/mol. The Morgan fingerprint density at radius 1 is 1.70 bits per heavy atom. The third kappa shape index (κ3) is 1.14. The molecule has 0 unspecified atom stereocenters. The van der Waals surface area contributed by atoms with Gasteiger partial charge in [-0.25, -0.2) is 4.98 Å². The Morgan fingerprint density at radius 2 is 2.40 bits per heavy atom. The van der Waals surface area contributed by atoms with Crippen LogP contribution in [0.25, 0.3) is 0 Å². The van der Waals surface area contributed by atoms with Crippen molar-refractivity contribution < 1.29 is 0 Å². The molecule has 10 heavy (non-hydrogen) atoms. The molecular weight excluding hydrogens is 150 g/mol. The zero-order valence-corrected chi connectivity index (χ0v) is 6.31. The molecule has 0 saturated heterocycles. The van der Waals surface area contributed by atoms with E-state index in [0.717, 1.165) is 5.69 Å². The molecule has 3 N–H and O–H groups in total. The molecule has 0 fully saturated rings. The fraction of sp³-hybridized carbons (Fsp3) is 0.167. The van der Waals surface area contributed by atoms with Crippen molar-refractivity contribution in [1.82, 2.24) is 4.98 Å². The Morgan fingerprint density at radius 3 is 2.90 bits per heavy atom. The summed E-state index contributed by atoms with van der Waals surface area (Å²) in [4.78, 5) is 3.79. The van der Waals surface area contributed by atoms with Crippen LogP contribution in [0.3, 0.4) is 0 Å². The highest BCUT2D eigenvalue weighted by Crippen LogP contribution is 2.23. The first kappa shape index (κ1) is 7.15. The standard InChI is InChI=1S/C6H8ClN3/c1-9-4-2-3-10-6(7)5(4)8/h2-3H,8H2,1H3,(H,9,10). The Bertz CT molecular complexity index is 236. The van der Waals surface area contributed by atoms with Gasteiger partial charge in [-0.3, -0.25) is 0 Å². The van der Waals surface area contributed by atoms with Crippen molar-refractivity contribution in [3.05, 3.63) is 17.4 Å². The number of nitrogen functional groups attached to an aromatic ring is 1. The third-order valence-corrected chi connectivity index (χ3v) is 1.51. The van der Waals surface area contributed by atoms with Gasteiger partial charge < -0.3 is 11.1 Å². The maximum absolute atomic E-state index is 5.62. The number of halogens is 1. The number of nitrogens with two attached hydrogens (primary N) is 1. The number of pyridine rings is 1. The van der Waals surface area contributed by atoms with E-state index in [2.05, 4.69) is 10.3 Å². The van der Waals surface area contributed by atoms with Crippen LogP contribution in [-0.4, -0.2) is 12.0 Å². The fourth-order valence-corrected chi connectivity index (χ4v) is 0.824. The normalized spacial score (nSPS) is 9.40. The van der Waals surface area contributed by atoms with Crippen LogP contribution in [0.15, 0.2) is 12.3 Å². The average molecular weight is 158 g/mol. The van der Waals surface area contributed by atoms with Crippen LogP contribution in [-0.2, 0) is 0 Å². The Kier molecular flexibility index (Phi) is 1.97. The van der Waals surface area contributed by atoms with Crippen molar-refractivity contribution in [1.29, 1.82) is 0 Å². The van der Waals surface area contributed by atoms with E-state index < -0.39 is 0 Å². The van der Waals surface area contributed by atoms with Gasteiger partial charge in [0.15, 0.2) is 5.15 Å². The lowest BCUT2D eigenvalue weighted by atomic mass is 10.3. The van der Waals surface area contributed by atoms with Gasteiger partial charge in [0, 0.05) is 13.2 Å². The van der Waals surface area contributed by atoms with Crippen LogP contribution in [0.5, 0.6) is 0 Å². The number of rotatable bonds is 1. The largest absolute Gasteiger partial charge is 0.395 e. The first-order valence-electron chi connectivity index (χ1n) is 2.83. The molecular formula is C6H8ClN3. The van der Waals surface area contributed by atoms with Crippen LogP contribution in [0.4, 0.5) is 11.4 Å². The lowest BCUT2D eigenvalue weighted by Gasteiger charge is -2.03. The van der Waals surface area contributed by atoms with E-state index in [-0.39, 0.29) is 0 Å². The van der Waals surface area contributed by atoms with Crippen molar-refractivity contribution in [3.8, 4) is 0 Å². The van der Waals surface area contributed by atoms with E-state index in [1.807, 2.05) is 0 Å². The molecule has 0 atom stereocenters. The monoisotopic (exact) mass is 157 g/mol. The number of hydrogen-bond donors (Lipinski definition) is 2. The Hall–Kier alpha value is -0.960. The summed E-state index contributed by atoms with van der Waals surface area (Å²) in [6.07, 6.45) is 1.60. The zero-order valence-electron chi connectivity index (χ0n) is 5.56. The molecule has 0 amide bonds. The summed E-state index contributed by atoms with van der Waals surface area (Å²) in [6.45, 7) is 0. The van der Waals surface area contributed by atoms with E-state index in [1.54, 1.807) is 19.3 Å². The van der Waals surface area contributed by atoms with Gasteiger partial charge in [0.25, 0.3) is 0 Å². The van der Waals surface area contributed by atoms with Gasteiger partial charge in [-0.05, 0) is 6.07 Å². The summed E-state index contributed by atoms with van der Waals surface area (Å²) in [5.41, 5.74) is 6.83. The van der Waals surface area contributed by atoms with Crippen LogP contribution in [0.2, 0.25) is 5.15 Å². The topological polar surface area (TPSA) is 50.9 Å². The molecule has 0 bridgehead atoms. The van der Waals surface area contributed by atoms with Crippen molar-refractivity contribution >= 4 is 23.0 Å². The van der Waals surface area contributed by atoms with Gasteiger partial charge in [-0.2, -0.15) is 0 Å². The SMILES string of the molecule is CNc1ccnc(Cl)c1N. The molecule has 1 aromatic heterocycles. The molecule has 1 heterocycles. The number of aromatic nitrogens is 1. The van der Waals surface area contributed by atoms with E-state index in [1.165, 1.54) is 0 Å². The highest BCUT2D eigenvalue weighted by atomic mass is 35.5. The smallest absolute Gasteiger partial charge is 0.153 e. The van der Waals surface area contributed by atoms with Gasteiger partial charge in [0.1, 0.15) is 0 Å².